The fourth-order valence-corrected chi connectivity index (χ4v) is 2.73. The summed E-state index contributed by atoms with van der Waals surface area (Å²) in [6.07, 6.45) is 5.49. The molecule has 1 aliphatic heterocycles. The van der Waals surface area contributed by atoms with Crippen molar-refractivity contribution in [2.45, 2.75) is 45.1 Å². The Hall–Kier alpha value is -1.06. The van der Waals surface area contributed by atoms with Crippen LogP contribution in [0.4, 0.5) is 0 Å². The third-order valence-electron chi connectivity index (χ3n) is 3.70. The lowest BCUT2D eigenvalue weighted by Crippen LogP contribution is -2.42. The Morgan fingerprint density at radius 1 is 1.31 bits per heavy atom. The standard InChI is InChI=1S/C12H20N2O2/c1-9-6-11(15)13-7-12(16)14(9)8-10-4-2-3-5-10/h9-10H,2-8H2,1H3,(H,13,15). The van der Waals surface area contributed by atoms with Crippen molar-refractivity contribution in [1.82, 2.24) is 10.2 Å². The first-order chi connectivity index (χ1) is 7.66. The quantitative estimate of drug-likeness (QED) is 0.758. The van der Waals surface area contributed by atoms with E-state index in [2.05, 4.69) is 5.32 Å². The molecular formula is C12H20N2O2. The molecule has 1 unspecified atom stereocenters. The molecule has 0 aromatic rings. The van der Waals surface area contributed by atoms with E-state index in [1.807, 2.05) is 11.8 Å². The number of carbonyl (C=O) groups excluding carboxylic acids is 2. The lowest BCUT2D eigenvalue weighted by atomic mass is 10.1. The van der Waals surface area contributed by atoms with Gasteiger partial charge >= 0.3 is 0 Å². The molecule has 0 bridgehead atoms. The van der Waals surface area contributed by atoms with E-state index in [1.165, 1.54) is 25.7 Å². The zero-order valence-corrected chi connectivity index (χ0v) is 9.87. The smallest absolute Gasteiger partial charge is 0.242 e. The molecule has 1 saturated carbocycles. The number of rotatable bonds is 2. The topological polar surface area (TPSA) is 49.4 Å². The maximum Gasteiger partial charge on any atom is 0.242 e. The monoisotopic (exact) mass is 224 g/mol. The van der Waals surface area contributed by atoms with Gasteiger partial charge in [0.15, 0.2) is 0 Å². The fourth-order valence-electron chi connectivity index (χ4n) is 2.73. The molecule has 90 valence electrons. The average Bonchev–Trinajstić information content (AvgIpc) is 2.71. The zero-order valence-electron chi connectivity index (χ0n) is 9.87. The highest BCUT2D eigenvalue weighted by atomic mass is 16.2. The van der Waals surface area contributed by atoms with Crippen molar-refractivity contribution in [3.05, 3.63) is 0 Å². The van der Waals surface area contributed by atoms with Crippen LogP contribution in [0.15, 0.2) is 0 Å². The summed E-state index contributed by atoms with van der Waals surface area (Å²) in [7, 11) is 0. The second kappa shape index (κ2) is 4.85. The molecule has 2 rings (SSSR count). The van der Waals surface area contributed by atoms with Gasteiger partial charge in [-0.1, -0.05) is 12.8 Å². The zero-order chi connectivity index (χ0) is 11.5. The van der Waals surface area contributed by atoms with Crippen molar-refractivity contribution in [2.75, 3.05) is 13.1 Å². The Morgan fingerprint density at radius 3 is 2.69 bits per heavy atom. The molecule has 2 fully saturated rings. The maximum atomic E-state index is 11.9. The highest BCUT2D eigenvalue weighted by Crippen LogP contribution is 2.26. The summed E-state index contributed by atoms with van der Waals surface area (Å²) in [6, 6.07) is 0.0515. The molecular weight excluding hydrogens is 204 g/mol. The predicted octanol–water partition coefficient (Wildman–Crippen LogP) is 0.914. The number of hydrogen-bond acceptors (Lipinski definition) is 2. The van der Waals surface area contributed by atoms with E-state index >= 15 is 0 Å². The molecule has 0 aromatic heterocycles. The van der Waals surface area contributed by atoms with Crippen LogP contribution < -0.4 is 5.32 Å². The van der Waals surface area contributed by atoms with Gasteiger partial charge in [0, 0.05) is 19.0 Å². The van der Waals surface area contributed by atoms with E-state index < -0.39 is 0 Å². The molecule has 1 saturated heterocycles. The van der Waals surface area contributed by atoms with Gasteiger partial charge in [-0.05, 0) is 25.7 Å². The minimum absolute atomic E-state index is 0.00484. The van der Waals surface area contributed by atoms with Crippen LogP contribution in [-0.2, 0) is 9.59 Å². The third-order valence-corrected chi connectivity index (χ3v) is 3.70. The van der Waals surface area contributed by atoms with E-state index in [9.17, 15) is 9.59 Å². The van der Waals surface area contributed by atoms with Crippen LogP contribution in [0.3, 0.4) is 0 Å². The van der Waals surface area contributed by atoms with E-state index in [4.69, 9.17) is 0 Å². The number of hydrogen-bond donors (Lipinski definition) is 1. The van der Waals surface area contributed by atoms with E-state index in [1.54, 1.807) is 0 Å². The van der Waals surface area contributed by atoms with Crippen LogP contribution in [0.5, 0.6) is 0 Å². The lowest BCUT2D eigenvalue weighted by molar-refractivity contribution is -0.132. The fraction of sp³-hybridized carbons (Fsp3) is 0.833. The molecule has 0 spiro atoms. The molecule has 4 heteroatoms. The van der Waals surface area contributed by atoms with Gasteiger partial charge in [-0.3, -0.25) is 9.59 Å². The summed E-state index contributed by atoms with van der Waals surface area (Å²) < 4.78 is 0. The molecule has 1 atom stereocenters. The Morgan fingerprint density at radius 2 is 2.00 bits per heavy atom. The molecule has 1 N–H and O–H groups in total. The van der Waals surface area contributed by atoms with Crippen LogP contribution in [0.2, 0.25) is 0 Å². The first-order valence-corrected chi connectivity index (χ1v) is 6.23. The van der Waals surface area contributed by atoms with Crippen molar-refractivity contribution in [2.24, 2.45) is 5.92 Å². The summed E-state index contributed by atoms with van der Waals surface area (Å²) in [5, 5.41) is 2.65. The van der Waals surface area contributed by atoms with Crippen LogP contribution in [-0.4, -0.2) is 35.8 Å². The number of amides is 2. The Kier molecular flexibility index (Phi) is 3.46. The third kappa shape index (κ3) is 2.54. The molecule has 0 aromatic carbocycles. The average molecular weight is 224 g/mol. The summed E-state index contributed by atoms with van der Waals surface area (Å²) in [6.45, 7) is 2.99. The molecule has 2 amide bonds. The highest BCUT2D eigenvalue weighted by Gasteiger charge is 2.29. The number of carbonyl (C=O) groups is 2. The van der Waals surface area contributed by atoms with Gasteiger partial charge in [-0.2, -0.15) is 0 Å². The lowest BCUT2D eigenvalue weighted by Gasteiger charge is -2.29. The summed E-state index contributed by atoms with van der Waals surface area (Å²) in [5.41, 5.74) is 0. The highest BCUT2D eigenvalue weighted by molar-refractivity contribution is 5.87. The van der Waals surface area contributed by atoms with Gasteiger partial charge in [0.1, 0.15) is 0 Å². The van der Waals surface area contributed by atoms with Gasteiger partial charge < -0.3 is 10.2 Å². The predicted molar refractivity (Wildman–Crippen MR) is 60.8 cm³/mol. The Bertz CT molecular complexity index is 285. The molecule has 4 nitrogen and oxygen atoms in total. The minimum atomic E-state index is -0.00484. The van der Waals surface area contributed by atoms with Crippen LogP contribution >= 0.6 is 0 Å². The van der Waals surface area contributed by atoms with E-state index in [0.29, 0.717) is 12.3 Å². The largest absolute Gasteiger partial charge is 0.347 e. The first-order valence-electron chi connectivity index (χ1n) is 6.23. The van der Waals surface area contributed by atoms with Crippen LogP contribution in [0.25, 0.3) is 0 Å². The number of nitrogens with zero attached hydrogens (tertiary/aromatic N) is 1. The van der Waals surface area contributed by atoms with Crippen molar-refractivity contribution in [3.8, 4) is 0 Å². The van der Waals surface area contributed by atoms with Crippen molar-refractivity contribution >= 4 is 11.8 Å². The normalized spacial score (nSPS) is 28.1. The molecule has 16 heavy (non-hydrogen) atoms. The summed E-state index contributed by atoms with van der Waals surface area (Å²) >= 11 is 0. The van der Waals surface area contributed by atoms with Gasteiger partial charge in [0.25, 0.3) is 0 Å². The Labute approximate surface area is 96.4 Å². The first kappa shape index (κ1) is 11.4. The SMILES string of the molecule is CC1CC(=O)NCC(=O)N1CC1CCCC1. The summed E-state index contributed by atoms with van der Waals surface area (Å²) in [5.74, 6) is 0.722. The second-order valence-corrected chi connectivity index (χ2v) is 5.03. The maximum absolute atomic E-state index is 11.9. The van der Waals surface area contributed by atoms with Gasteiger partial charge in [-0.15, -0.1) is 0 Å². The van der Waals surface area contributed by atoms with Crippen molar-refractivity contribution in [1.29, 1.82) is 0 Å². The Balaban J connectivity index is 1.98. The molecule has 0 radical (unpaired) electrons. The molecule has 1 aliphatic carbocycles. The molecule has 2 aliphatic rings. The van der Waals surface area contributed by atoms with Gasteiger partial charge in [-0.25, -0.2) is 0 Å². The molecule has 1 heterocycles. The van der Waals surface area contributed by atoms with Crippen LogP contribution in [0, 0.1) is 5.92 Å². The minimum Gasteiger partial charge on any atom is -0.347 e. The van der Waals surface area contributed by atoms with E-state index in [0.717, 1.165) is 6.54 Å². The van der Waals surface area contributed by atoms with Crippen molar-refractivity contribution in [3.63, 3.8) is 0 Å². The van der Waals surface area contributed by atoms with E-state index in [-0.39, 0.29) is 24.4 Å². The van der Waals surface area contributed by atoms with Crippen LogP contribution in [0.1, 0.15) is 39.0 Å². The second-order valence-electron chi connectivity index (χ2n) is 5.03. The summed E-state index contributed by atoms with van der Waals surface area (Å²) in [4.78, 5) is 25.1. The van der Waals surface area contributed by atoms with Gasteiger partial charge in [0.2, 0.25) is 11.8 Å². The number of nitrogens with one attached hydrogen (secondary N) is 1. The van der Waals surface area contributed by atoms with Crippen molar-refractivity contribution < 1.29 is 9.59 Å². The van der Waals surface area contributed by atoms with Gasteiger partial charge in [0.05, 0.1) is 6.54 Å².